The Kier molecular flexibility index (Phi) is 4.18. The molecule has 0 N–H and O–H groups in total. The molecule has 0 heterocycles. The maximum Gasteiger partial charge on any atom is 0.313 e. The third-order valence-electron chi connectivity index (χ3n) is 1.04. The molecule has 0 rings (SSSR count). The van der Waals surface area contributed by atoms with Gasteiger partial charge in [-0.1, -0.05) is 12.7 Å². The van der Waals surface area contributed by atoms with E-state index in [-0.39, 0.29) is 18.3 Å². The van der Waals surface area contributed by atoms with Crippen molar-refractivity contribution in [1.29, 1.82) is 0 Å². The topological polar surface area (TPSA) is 43.4 Å². The lowest BCUT2D eigenvalue weighted by Crippen LogP contribution is -2.14. The predicted molar refractivity (Wildman–Crippen MR) is 41.0 cm³/mol. The van der Waals surface area contributed by atoms with Gasteiger partial charge in [-0.05, 0) is 13.8 Å². The zero-order valence-corrected chi connectivity index (χ0v) is 6.79. The van der Waals surface area contributed by atoms with E-state index < -0.39 is 5.97 Å². The van der Waals surface area contributed by atoms with Gasteiger partial charge in [-0.25, -0.2) is 0 Å². The van der Waals surface area contributed by atoms with E-state index in [4.69, 9.17) is 4.74 Å². The second-order valence-corrected chi connectivity index (χ2v) is 2.31. The van der Waals surface area contributed by atoms with Crippen LogP contribution in [0.25, 0.3) is 0 Å². The highest BCUT2D eigenvalue weighted by molar-refractivity contribution is 5.94. The van der Waals surface area contributed by atoms with Gasteiger partial charge < -0.3 is 4.74 Å². The molecule has 0 aliphatic carbocycles. The monoisotopic (exact) mass is 156 g/mol. The molecule has 0 aliphatic rings. The summed E-state index contributed by atoms with van der Waals surface area (Å²) in [7, 11) is 0. The van der Waals surface area contributed by atoms with E-state index in [0.717, 1.165) is 0 Å². The maximum atomic E-state index is 10.7. The fraction of sp³-hybridized carbons (Fsp3) is 0.500. The van der Waals surface area contributed by atoms with Gasteiger partial charge >= 0.3 is 5.97 Å². The lowest BCUT2D eigenvalue weighted by Gasteiger charge is -2.06. The quantitative estimate of drug-likeness (QED) is 0.347. The minimum atomic E-state index is -0.495. The van der Waals surface area contributed by atoms with Gasteiger partial charge in [0.2, 0.25) is 0 Å². The Morgan fingerprint density at radius 1 is 1.64 bits per heavy atom. The summed E-state index contributed by atoms with van der Waals surface area (Å²) in [5.74, 6) is -0.684. The fourth-order valence-corrected chi connectivity index (χ4v) is 0.500. The summed E-state index contributed by atoms with van der Waals surface area (Å²) in [6.07, 6.45) is 1.03. The number of rotatable bonds is 4. The molecule has 0 aromatic rings. The Morgan fingerprint density at radius 2 is 2.18 bits per heavy atom. The molecule has 1 unspecified atom stereocenters. The van der Waals surface area contributed by atoms with E-state index in [1.165, 1.54) is 13.0 Å². The molecule has 3 heteroatoms. The summed E-state index contributed by atoms with van der Waals surface area (Å²) in [5, 5.41) is 0. The lowest BCUT2D eigenvalue weighted by atomic mass is 10.3. The van der Waals surface area contributed by atoms with Gasteiger partial charge in [-0.2, -0.15) is 0 Å². The smallest absolute Gasteiger partial charge is 0.313 e. The molecule has 3 nitrogen and oxygen atoms in total. The van der Waals surface area contributed by atoms with Crippen molar-refractivity contribution in [3.8, 4) is 0 Å². The summed E-state index contributed by atoms with van der Waals surface area (Å²) < 4.78 is 4.73. The largest absolute Gasteiger partial charge is 0.458 e. The molecule has 0 spiro atoms. The minimum absolute atomic E-state index is 0.155. The van der Waals surface area contributed by atoms with Gasteiger partial charge in [-0.15, -0.1) is 0 Å². The van der Waals surface area contributed by atoms with Gasteiger partial charge in [-0.3, -0.25) is 9.59 Å². The van der Waals surface area contributed by atoms with Crippen molar-refractivity contribution in [2.45, 2.75) is 26.4 Å². The Labute approximate surface area is 66.0 Å². The van der Waals surface area contributed by atoms with Gasteiger partial charge in [0.1, 0.15) is 18.3 Å². The molecule has 11 heavy (non-hydrogen) atoms. The standard InChI is InChI=1S/C8H12O3/c1-4-7(3)11-8(10)5-6(2)9/h4,7H,1,5H2,2-3H3. The van der Waals surface area contributed by atoms with Crippen LogP contribution in [0.1, 0.15) is 20.3 Å². The zero-order chi connectivity index (χ0) is 8.85. The lowest BCUT2D eigenvalue weighted by molar-refractivity contribution is -0.147. The molecule has 0 saturated heterocycles. The molecule has 0 aromatic heterocycles. The molecule has 1 atom stereocenters. The van der Waals surface area contributed by atoms with E-state index in [2.05, 4.69) is 6.58 Å². The maximum absolute atomic E-state index is 10.7. The van der Waals surface area contributed by atoms with Crippen molar-refractivity contribution in [2.24, 2.45) is 0 Å². The molecule has 62 valence electrons. The van der Waals surface area contributed by atoms with Gasteiger partial charge in [0, 0.05) is 0 Å². The first-order chi connectivity index (χ1) is 5.06. The molecule has 0 amide bonds. The first-order valence-electron chi connectivity index (χ1n) is 3.37. The van der Waals surface area contributed by atoms with Gasteiger partial charge in [0.15, 0.2) is 0 Å². The Bertz CT molecular complexity index is 172. The summed E-state index contributed by atoms with van der Waals surface area (Å²) in [4.78, 5) is 21.1. The van der Waals surface area contributed by atoms with Crippen LogP contribution < -0.4 is 0 Å². The second-order valence-electron chi connectivity index (χ2n) is 2.31. The van der Waals surface area contributed by atoms with Crippen molar-refractivity contribution in [3.63, 3.8) is 0 Å². The Hall–Kier alpha value is -1.12. The molecule has 0 aromatic carbocycles. The summed E-state index contributed by atoms with van der Waals surface area (Å²) in [5.41, 5.74) is 0. The summed E-state index contributed by atoms with van der Waals surface area (Å²) in [6, 6.07) is 0. The number of hydrogen-bond donors (Lipinski definition) is 0. The normalized spacial score (nSPS) is 11.8. The number of ether oxygens (including phenoxy) is 1. The molecule has 0 radical (unpaired) electrons. The highest BCUT2D eigenvalue weighted by Gasteiger charge is 2.08. The molecule has 0 saturated carbocycles. The van der Waals surface area contributed by atoms with E-state index in [0.29, 0.717) is 0 Å². The number of carbonyl (C=O) groups excluding carboxylic acids is 2. The number of carbonyl (C=O) groups is 2. The number of Topliss-reactive ketones (excluding diaryl/α,β-unsaturated/α-hetero) is 1. The predicted octanol–water partition coefficient (Wildman–Crippen LogP) is 1.08. The van der Waals surface area contributed by atoms with Crippen molar-refractivity contribution in [1.82, 2.24) is 0 Å². The summed E-state index contributed by atoms with van der Waals surface area (Å²) >= 11 is 0. The van der Waals surface area contributed by atoms with E-state index in [1.807, 2.05) is 0 Å². The summed E-state index contributed by atoms with van der Waals surface area (Å²) in [6.45, 7) is 6.46. The Balaban J connectivity index is 3.69. The van der Waals surface area contributed by atoms with Crippen molar-refractivity contribution in [2.75, 3.05) is 0 Å². The van der Waals surface area contributed by atoms with Crippen LogP contribution in [0.4, 0.5) is 0 Å². The number of esters is 1. The first kappa shape index (κ1) is 9.88. The van der Waals surface area contributed by atoms with Crippen LogP contribution in [0.5, 0.6) is 0 Å². The Morgan fingerprint density at radius 3 is 2.55 bits per heavy atom. The average molecular weight is 156 g/mol. The molecule has 0 aliphatic heterocycles. The van der Waals surface area contributed by atoms with Crippen LogP contribution in [-0.2, 0) is 14.3 Å². The first-order valence-corrected chi connectivity index (χ1v) is 3.37. The van der Waals surface area contributed by atoms with E-state index >= 15 is 0 Å². The van der Waals surface area contributed by atoms with Crippen LogP contribution in [-0.4, -0.2) is 17.9 Å². The van der Waals surface area contributed by atoms with Crippen molar-refractivity contribution < 1.29 is 14.3 Å². The van der Waals surface area contributed by atoms with E-state index in [9.17, 15) is 9.59 Å². The third kappa shape index (κ3) is 5.33. The van der Waals surface area contributed by atoms with Crippen LogP contribution >= 0.6 is 0 Å². The average Bonchev–Trinajstić information content (AvgIpc) is 1.85. The van der Waals surface area contributed by atoms with Crippen LogP contribution in [0.2, 0.25) is 0 Å². The highest BCUT2D eigenvalue weighted by Crippen LogP contribution is 1.95. The van der Waals surface area contributed by atoms with Crippen LogP contribution in [0.15, 0.2) is 12.7 Å². The minimum Gasteiger partial charge on any atom is -0.458 e. The fourth-order valence-electron chi connectivity index (χ4n) is 0.500. The van der Waals surface area contributed by atoms with Crippen LogP contribution in [0, 0.1) is 0 Å². The van der Waals surface area contributed by atoms with Crippen molar-refractivity contribution in [3.05, 3.63) is 12.7 Å². The molecular formula is C8H12O3. The highest BCUT2D eigenvalue weighted by atomic mass is 16.5. The van der Waals surface area contributed by atoms with E-state index in [1.54, 1.807) is 6.92 Å². The number of hydrogen-bond acceptors (Lipinski definition) is 3. The SMILES string of the molecule is C=CC(C)OC(=O)CC(C)=O. The zero-order valence-electron chi connectivity index (χ0n) is 6.79. The second kappa shape index (κ2) is 4.66. The molecular weight excluding hydrogens is 144 g/mol. The molecule has 0 bridgehead atoms. The van der Waals surface area contributed by atoms with Crippen molar-refractivity contribution >= 4 is 11.8 Å². The third-order valence-corrected chi connectivity index (χ3v) is 1.04. The molecule has 0 fully saturated rings. The van der Waals surface area contributed by atoms with Crippen LogP contribution in [0.3, 0.4) is 0 Å². The van der Waals surface area contributed by atoms with Gasteiger partial charge in [0.25, 0.3) is 0 Å². The van der Waals surface area contributed by atoms with Gasteiger partial charge in [0.05, 0.1) is 0 Å². The number of ketones is 1.